The Kier molecular flexibility index (Phi) is 4.40. The molecule has 0 saturated carbocycles. The average Bonchev–Trinajstić information content (AvgIpc) is 2.96. The lowest BCUT2D eigenvalue weighted by Crippen LogP contribution is -2.32. The van der Waals surface area contributed by atoms with Crippen LogP contribution in [0.15, 0.2) is 34.9 Å². The molecule has 0 aliphatic rings. The van der Waals surface area contributed by atoms with Crippen LogP contribution >= 0.6 is 0 Å². The van der Waals surface area contributed by atoms with Crippen LogP contribution in [0.2, 0.25) is 0 Å². The molecule has 1 heterocycles. The Hall–Kier alpha value is -2.30. The first-order chi connectivity index (χ1) is 9.65. The molecule has 1 unspecified atom stereocenters. The van der Waals surface area contributed by atoms with Crippen molar-refractivity contribution in [1.82, 2.24) is 10.5 Å². The molecule has 1 aromatic carbocycles. The fourth-order valence-electron chi connectivity index (χ4n) is 1.76. The van der Waals surface area contributed by atoms with E-state index in [2.05, 4.69) is 10.5 Å². The van der Waals surface area contributed by atoms with Gasteiger partial charge in [0.1, 0.15) is 5.75 Å². The molecule has 1 amide bonds. The van der Waals surface area contributed by atoms with Crippen molar-refractivity contribution >= 4 is 5.91 Å². The summed E-state index contributed by atoms with van der Waals surface area (Å²) >= 11 is 0. The molecule has 20 heavy (non-hydrogen) atoms. The largest absolute Gasteiger partial charge is 0.496 e. The van der Waals surface area contributed by atoms with Crippen molar-refractivity contribution in [2.75, 3.05) is 7.11 Å². The van der Waals surface area contributed by atoms with E-state index in [1.54, 1.807) is 13.2 Å². The number of methoxy groups -OCH3 is 1. The van der Waals surface area contributed by atoms with Gasteiger partial charge >= 0.3 is 0 Å². The van der Waals surface area contributed by atoms with Gasteiger partial charge in [0.2, 0.25) is 0 Å². The Bertz CT molecular complexity index is 592. The van der Waals surface area contributed by atoms with Crippen LogP contribution in [0.25, 0.3) is 11.3 Å². The van der Waals surface area contributed by atoms with Crippen LogP contribution in [0.1, 0.15) is 30.8 Å². The maximum atomic E-state index is 11.9. The average molecular weight is 274 g/mol. The topological polar surface area (TPSA) is 64.4 Å². The lowest BCUT2D eigenvalue weighted by atomic mass is 10.1. The lowest BCUT2D eigenvalue weighted by Gasteiger charge is -2.08. The van der Waals surface area contributed by atoms with Crippen molar-refractivity contribution in [2.45, 2.75) is 26.3 Å². The first-order valence-electron chi connectivity index (χ1n) is 6.56. The predicted octanol–water partition coefficient (Wildman–Crippen LogP) is 2.88. The molecule has 0 aliphatic heterocycles. The van der Waals surface area contributed by atoms with Gasteiger partial charge in [0.15, 0.2) is 11.5 Å². The predicted molar refractivity (Wildman–Crippen MR) is 75.7 cm³/mol. The summed E-state index contributed by atoms with van der Waals surface area (Å²) in [7, 11) is 1.59. The second kappa shape index (κ2) is 6.23. The highest BCUT2D eigenvalue weighted by Gasteiger charge is 2.16. The van der Waals surface area contributed by atoms with E-state index >= 15 is 0 Å². The highest BCUT2D eigenvalue weighted by molar-refractivity contribution is 5.93. The highest BCUT2D eigenvalue weighted by atomic mass is 16.5. The van der Waals surface area contributed by atoms with Gasteiger partial charge in [0.05, 0.1) is 12.7 Å². The maximum Gasteiger partial charge on any atom is 0.273 e. The zero-order valence-corrected chi connectivity index (χ0v) is 11.8. The van der Waals surface area contributed by atoms with E-state index in [1.807, 2.05) is 38.1 Å². The molecule has 1 N–H and O–H groups in total. The Morgan fingerprint density at radius 2 is 2.20 bits per heavy atom. The van der Waals surface area contributed by atoms with E-state index in [0.29, 0.717) is 11.5 Å². The normalized spacial score (nSPS) is 11.9. The molecule has 2 aromatic rings. The van der Waals surface area contributed by atoms with Gasteiger partial charge in [0.25, 0.3) is 5.91 Å². The van der Waals surface area contributed by atoms with E-state index in [-0.39, 0.29) is 17.6 Å². The van der Waals surface area contributed by atoms with Crippen LogP contribution < -0.4 is 10.1 Å². The van der Waals surface area contributed by atoms with Crippen molar-refractivity contribution in [3.63, 3.8) is 0 Å². The number of hydrogen-bond donors (Lipinski definition) is 1. The van der Waals surface area contributed by atoms with Crippen molar-refractivity contribution in [3.8, 4) is 17.1 Å². The molecule has 0 aliphatic carbocycles. The Balaban J connectivity index is 2.22. The zero-order chi connectivity index (χ0) is 14.5. The first-order valence-corrected chi connectivity index (χ1v) is 6.56. The van der Waals surface area contributed by atoms with Crippen molar-refractivity contribution in [2.24, 2.45) is 0 Å². The summed E-state index contributed by atoms with van der Waals surface area (Å²) < 4.78 is 10.5. The Morgan fingerprint density at radius 3 is 2.90 bits per heavy atom. The number of ether oxygens (including phenoxy) is 1. The molecule has 5 heteroatoms. The number of hydrogen-bond acceptors (Lipinski definition) is 4. The second-order valence-corrected chi connectivity index (χ2v) is 4.56. The molecule has 106 valence electrons. The number of para-hydroxylation sites is 1. The van der Waals surface area contributed by atoms with E-state index in [4.69, 9.17) is 9.26 Å². The summed E-state index contributed by atoms with van der Waals surface area (Å²) in [6.07, 6.45) is 0.864. The van der Waals surface area contributed by atoms with Gasteiger partial charge in [-0.2, -0.15) is 0 Å². The van der Waals surface area contributed by atoms with Crippen LogP contribution in [-0.4, -0.2) is 24.2 Å². The molecular weight excluding hydrogens is 256 g/mol. The number of carbonyl (C=O) groups is 1. The fourth-order valence-corrected chi connectivity index (χ4v) is 1.76. The van der Waals surface area contributed by atoms with Gasteiger partial charge in [0, 0.05) is 12.1 Å². The minimum atomic E-state index is -0.232. The zero-order valence-electron chi connectivity index (χ0n) is 11.8. The summed E-state index contributed by atoms with van der Waals surface area (Å²) in [5.74, 6) is 0.957. The third-order valence-electron chi connectivity index (χ3n) is 3.11. The minimum Gasteiger partial charge on any atom is -0.496 e. The Labute approximate surface area is 117 Å². The summed E-state index contributed by atoms with van der Waals surface area (Å²) in [6.45, 7) is 3.95. The van der Waals surface area contributed by atoms with Gasteiger partial charge in [-0.05, 0) is 25.5 Å². The van der Waals surface area contributed by atoms with E-state index in [0.717, 1.165) is 12.0 Å². The summed E-state index contributed by atoms with van der Waals surface area (Å²) in [6, 6.07) is 9.16. The standard InChI is InChI=1S/C15H18N2O3/c1-4-10(2)16-15(18)12-9-14(20-17-12)11-7-5-6-8-13(11)19-3/h5-10H,4H2,1-3H3,(H,16,18). The van der Waals surface area contributed by atoms with Gasteiger partial charge in [-0.15, -0.1) is 0 Å². The summed E-state index contributed by atoms with van der Waals surface area (Å²) in [5, 5.41) is 6.66. The van der Waals surface area contributed by atoms with Crippen LogP contribution in [0.3, 0.4) is 0 Å². The third kappa shape index (κ3) is 2.99. The molecule has 0 saturated heterocycles. The highest BCUT2D eigenvalue weighted by Crippen LogP contribution is 2.29. The van der Waals surface area contributed by atoms with Gasteiger partial charge in [-0.25, -0.2) is 0 Å². The number of benzene rings is 1. The van der Waals surface area contributed by atoms with Crippen LogP contribution in [-0.2, 0) is 0 Å². The number of amides is 1. The van der Waals surface area contributed by atoms with E-state index in [9.17, 15) is 4.79 Å². The molecule has 0 radical (unpaired) electrons. The molecule has 5 nitrogen and oxygen atoms in total. The Morgan fingerprint density at radius 1 is 1.45 bits per heavy atom. The van der Waals surface area contributed by atoms with Crippen LogP contribution in [0, 0.1) is 0 Å². The molecular formula is C15H18N2O3. The van der Waals surface area contributed by atoms with Gasteiger partial charge in [-0.1, -0.05) is 24.2 Å². The summed E-state index contributed by atoms with van der Waals surface area (Å²) in [5.41, 5.74) is 1.04. The smallest absolute Gasteiger partial charge is 0.273 e. The minimum absolute atomic E-state index is 0.105. The quantitative estimate of drug-likeness (QED) is 0.910. The number of rotatable bonds is 5. The molecule has 1 aromatic heterocycles. The number of nitrogens with zero attached hydrogens (tertiary/aromatic N) is 1. The number of nitrogens with one attached hydrogen (secondary N) is 1. The molecule has 1 atom stereocenters. The SMILES string of the molecule is CCC(C)NC(=O)c1cc(-c2ccccc2OC)on1. The third-order valence-corrected chi connectivity index (χ3v) is 3.11. The van der Waals surface area contributed by atoms with E-state index in [1.165, 1.54) is 0 Å². The molecule has 0 spiro atoms. The van der Waals surface area contributed by atoms with Crippen molar-refractivity contribution in [1.29, 1.82) is 0 Å². The lowest BCUT2D eigenvalue weighted by molar-refractivity contribution is 0.0930. The van der Waals surface area contributed by atoms with Gasteiger partial charge < -0.3 is 14.6 Å². The monoisotopic (exact) mass is 274 g/mol. The summed E-state index contributed by atoms with van der Waals surface area (Å²) in [4.78, 5) is 11.9. The van der Waals surface area contributed by atoms with Crippen molar-refractivity contribution < 1.29 is 14.1 Å². The van der Waals surface area contributed by atoms with Crippen LogP contribution in [0.4, 0.5) is 0 Å². The first kappa shape index (κ1) is 14.1. The second-order valence-electron chi connectivity index (χ2n) is 4.56. The number of aromatic nitrogens is 1. The molecule has 0 fully saturated rings. The number of carbonyl (C=O) groups excluding carboxylic acids is 1. The molecule has 0 bridgehead atoms. The van der Waals surface area contributed by atoms with Gasteiger partial charge in [-0.3, -0.25) is 4.79 Å². The van der Waals surface area contributed by atoms with Crippen molar-refractivity contribution in [3.05, 3.63) is 36.0 Å². The van der Waals surface area contributed by atoms with Crippen LogP contribution in [0.5, 0.6) is 5.75 Å². The van der Waals surface area contributed by atoms with E-state index < -0.39 is 0 Å². The fraction of sp³-hybridized carbons (Fsp3) is 0.333. The molecule has 2 rings (SSSR count). The maximum absolute atomic E-state index is 11.9.